The summed E-state index contributed by atoms with van der Waals surface area (Å²) in [6.07, 6.45) is 4.31. The molecule has 14 nitrogen and oxygen atoms in total. The molecule has 2 aromatic rings. The number of hydrogen-bond acceptors (Lipinski definition) is 11. The number of aromatic nitrogens is 1. The van der Waals surface area contributed by atoms with Crippen LogP contribution in [-0.2, 0) is 38.1 Å². The second-order valence-electron chi connectivity index (χ2n) is 13.6. The van der Waals surface area contributed by atoms with E-state index < -0.39 is 70.0 Å². The molecule has 5 unspecified atom stereocenters. The van der Waals surface area contributed by atoms with E-state index >= 15 is 0 Å². The number of benzene rings is 1. The van der Waals surface area contributed by atoms with Gasteiger partial charge in [-0.05, 0) is 82.6 Å². The van der Waals surface area contributed by atoms with Gasteiger partial charge in [-0.15, -0.1) is 0 Å². The Hall–Kier alpha value is -3.69. The van der Waals surface area contributed by atoms with Crippen LogP contribution in [0.25, 0.3) is 17.0 Å². The van der Waals surface area contributed by atoms with E-state index in [1.54, 1.807) is 32.9 Å². The Bertz CT molecular complexity index is 1700. The van der Waals surface area contributed by atoms with Crippen molar-refractivity contribution in [3.63, 3.8) is 0 Å². The van der Waals surface area contributed by atoms with E-state index in [1.807, 2.05) is 37.3 Å². The zero-order valence-corrected chi connectivity index (χ0v) is 33.3. The largest absolute Gasteiger partial charge is 0.460 e. The average molecular weight is 813 g/mol. The lowest BCUT2D eigenvalue weighted by Crippen LogP contribution is -2.60. The van der Waals surface area contributed by atoms with E-state index in [1.165, 1.54) is 11.9 Å². The molecule has 2 fully saturated rings. The Labute approximate surface area is 329 Å². The first-order valence-electron chi connectivity index (χ1n) is 18.0. The number of nitrogens with zero attached hydrogens (tertiary/aromatic N) is 2. The van der Waals surface area contributed by atoms with Crippen LogP contribution in [0.15, 0.2) is 36.4 Å². The van der Waals surface area contributed by atoms with Gasteiger partial charge in [-0.25, -0.2) is 15.0 Å². The Kier molecular flexibility index (Phi) is 15.3. The third-order valence-corrected chi connectivity index (χ3v) is 9.25. The number of carbonyl (C=O) groups is 5. The second-order valence-corrected chi connectivity index (χ2v) is 16.2. The minimum atomic E-state index is -1.78. The maximum Gasteiger partial charge on any atom is 0.407 e. The quantitative estimate of drug-likeness (QED) is 0.133. The van der Waals surface area contributed by atoms with Crippen LogP contribution in [0.3, 0.4) is 0 Å². The molecule has 54 heavy (non-hydrogen) atoms. The summed E-state index contributed by atoms with van der Waals surface area (Å²) in [7, 11) is 0. The van der Waals surface area contributed by atoms with Crippen LogP contribution in [0, 0.1) is 5.92 Å². The molecule has 4 rings (SSSR count). The van der Waals surface area contributed by atoms with Crippen molar-refractivity contribution >= 4 is 81.6 Å². The van der Waals surface area contributed by atoms with E-state index in [4.69, 9.17) is 58.7 Å². The molecule has 296 valence electrons. The van der Waals surface area contributed by atoms with Gasteiger partial charge in [0.15, 0.2) is 11.7 Å². The third-order valence-electron chi connectivity index (χ3n) is 8.93. The highest BCUT2D eigenvalue weighted by molar-refractivity contribution is 6.67. The van der Waals surface area contributed by atoms with Gasteiger partial charge in [-0.1, -0.05) is 72.9 Å². The van der Waals surface area contributed by atoms with Crippen molar-refractivity contribution in [3.05, 3.63) is 47.7 Å². The molecule has 17 heteroatoms. The zero-order chi connectivity index (χ0) is 39.6. The minimum absolute atomic E-state index is 0.257. The molecule has 0 bridgehead atoms. The zero-order valence-electron chi connectivity index (χ0n) is 31.0. The van der Waals surface area contributed by atoms with E-state index in [0.717, 1.165) is 17.4 Å². The normalized spacial score (nSPS) is 20.9. The van der Waals surface area contributed by atoms with Crippen LogP contribution < -0.4 is 16.1 Å². The van der Waals surface area contributed by atoms with Gasteiger partial charge in [0, 0.05) is 18.5 Å². The van der Waals surface area contributed by atoms with Crippen LogP contribution in [0.1, 0.15) is 84.0 Å². The van der Waals surface area contributed by atoms with Gasteiger partial charge < -0.3 is 29.6 Å². The molecule has 0 aliphatic carbocycles. The summed E-state index contributed by atoms with van der Waals surface area (Å²) in [6, 6.07) is 7.13. The van der Waals surface area contributed by atoms with Crippen LogP contribution in [0.2, 0.25) is 0 Å². The molecule has 0 spiro atoms. The fourth-order valence-electron chi connectivity index (χ4n) is 5.99. The van der Waals surface area contributed by atoms with Gasteiger partial charge >= 0.3 is 18.0 Å². The maximum absolute atomic E-state index is 13.9. The minimum Gasteiger partial charge on any atom is -0.460 e. The van der Waals surface area contributed by atoms with Crippen molar-refractivity contribution in [3.8, 4) is 0 Å². The molecule has 1 aromatic heterocycles. The molecule has 3 N–H and O–H groups in total. The number of rotatable bonds is 13. The van der Waals surface area contributed by atoms with Gasteiger partial charge in [0.2, 0.25) is 3.79 Å². The molecule has 3 amide bonds. The Morgan fingerprint density at radius 3 is 2.46 bits per heavy atom. The number of pyridine rings is 1. The van der Waals surface area contributed by atoms with Crippen LogP contribution in [0.4, 0.5) is 4.79 Å². The van der Waals surface area contributed by atoms with Crippen molar-refractivity contribution in [2.45, 2.75) is 100 Å². The summed E-state index contributed by atoms with van der Waals surface area (Å²) in [4.78, 5) is 69.9. The lowest BCUT2D eigenvalue weighted by molar-refractivity contribution is -0.181. The first kappa shape index (κ1) is 43.0. The van der Waals surface area contributed by atoms with Crippen molar-refractivity contribution in [1.29, 1.82) is 0 Å². The molecule has 3 heterocycles. The first-order valence-corrected chi connectivity index (χ1v) is 19.1. The summed E-state index contributed by atoms with van der Waals surface area (Å²) in [6.45, 7) is 8.91. The number of esters is 2. The molecule has 2 saturated heterocycles. The Balaban J connectivity index is 1.43. The number of carbonyl (C=O) groups excluding carboxylic acids is 5. The fourth-order valence-corrected chi connectivity index (χ4v) is 6.16. The molecular formula is C37H48Cl3N5O9. The first-order chi connectivity index (χ1) is 25.5. The number of hydrogen-bond donors (Lipinski definition) is 3. The number of amides is 3. The molecular weight excluding hydrogens is 765 g/mol. The predicted octanol–water partition coefficient (Wildman–Crippen LogP) is 5.48. The molecule has 0 radical (unpaired) electrons. The molecule has 0 saturated carbocycles. The number of alkyl carbamates (subject to hydrolysis) is 1. The lowest BCUT2D eigenvalue weighted by Gasteiger charge is -2.35. The number of hydrazine groups is 1. The summed E-state index contributed by atoms with van der Waals surface area (Å²) < 4.78 is 20.2. The number of ether oxygens (including phenoxy) is 4. The number of halogens is 3. The van der Waals surface area contributed by atoms with E-state index in [0.29, 0.717) is 43.5 Å². The van der Waals surface area contributed by atoms with Gasteiger partial charge in [0.05, 0.1) is 23.9 Å². The highest BCUT2D eigenvalue weighted by atomic mass is 35.6. The van der Waals surface area contributed by atoms with Gasteiger partial charge in [-0.2, -0.15) is 0 Å². The highest BCUT2D eigenvalue weighted by Crippen LogP contribution is 2.31. The third kappa shape index (κ3) is 11.9. The molecule has 5 atom stereocenters. The maximum atomic E-state index is 13.9. The van der Waals surface area contributed by atoms with E-state index in [-0.39, 0.29) is 19.2 Å². The molecule has 1 aromatic carbocycles. The summed E-state index contributed by atoms with van der Waals surface area (Å²) in [5.74, 6) is -3.02. The standard InChI is InChI=1S/C37H48Cl3N5O9/c1-6-51-35(50)42-23(4)27-14-13-26-12-11-25(20-29(26)43-27)15-17-36(16-7-8-19-53-36)34(49)54-30(22(2)3)31(46)41-24(5)32(47)45-18-9-10-28(44-45)33(48)52-21-37(38,39)40/h11-15,17,20,22-24,28,30,44H,6-10,16,18-19,21H2,1-5H3,(H,41,46)(H,42,50). The second kappa shape index (κ2) is 19.3. The van der Waals surface area contributed by atoms with Crippen molar-refractivity contribution < 1.29 is 42.9 Å². The number of alkyl halides is 3. The van der Waals surface area contributed by atoms with Gasteiger partial charge in [-0.3, -0.25) is 24.4 Å². The number of nitrogens with one attached hydrogen (secondary N) is 3. The van der Waals surface area contributed by atoms with E-state index in [2.05, 4.69) is 16.1 Å². The Morgan fingerprint density at radius 2 is 1.80 bits per heavy atom. The number of fused-ring (bicyclic) bond motifs is 1. The summed E-state index contributed by atoms with van der Waals surface area (Å²) >= 11 is 17.0. The Morgan fingerprint density at radius 1 is 1.06 bits per heavy atom. The highest BCUT2D eigenvalue weighted by Gasteiger charge is 2.43. The molecule has 2 aliphatic rings. The topological polar surface area (TPSA) is 174 Å². The fraction of sp³-hybridized carbons (Fsp3) is 0.568. The predicted molar refractivity (Wildman–Crippen MR) is 203 cm³/mol. The van der Waals surface area contributed by atoms with Crippen LogP contribution >= 0.6 is 34.8 Å². The molecule has 2 aliphatic heterocycles. The smallest absolute Gasteiger partial charge is 0.407 e. The SMILES string of the molecule is CCOC(=O)NC(C)c1ccc2ccc(C=CC3(C(=O)OC(C(=O)NC(C)C(=O)N4CCCC(C(=O)OCC(Cl)(Cl)Cl)N4)C(C)C)CCCCO3)cc2n1. The van der Waals surface area contributed by atoms with Crippen molar-refractivity contribution in [1.82, 2.24) is 26.1 Å². The lowest BCUT2D eigenvalue weighted by atomic mass is 9.92. The average Bonchev–Trinajstić information content (AvgIpc) is 3.14. The van der Waals surface area contributed by atoms with Crippen LogP contribution in [0.5, 0.6) is 0 Å². The van der Waals surface area contributed by atoms with Gasteiger partial charge in [0.25, 0.3) is 11.8 Å². The van der Waals surface area contributed by atoms with Crippen LogP contribution in [-0.4, -0.2) is 93.8 Å². The van der Waals surface area contributed by atoms with Crippen molar-refractivity contribution in [2.24, 2.45) is 5.92 Å². The summed E-state index contributed by atoms with van der Waals surface area (Å²) in [5, 5.41) is 7.54. The van der Waals surface area contributed by atoms with Gasteiger partial charge in [0.1, 0.15) is 18.7 Å². The monoisotopic (exact) mass is 811 g/mol. The van der Waals surface area contributed by atoms with E-state index in [9.17, 15) is 24.0 Å². The summed E-state index contributed by atoms with van der Waals surface area (Å²) in [5.41, 5.74) is 3.46. The van der Waals surface area contributed by atoms with Crippen molar-refractivity contribution in [2.75, 3.05) is 26.4 Å².